The van der Waals surface area contributed by atoms with Crippen LogP contribution in [0.4, 0.5) is 0 Å². The van der Waals surface area contributed by atoms with E-state index in [-0.39, 0.29) is 24.0 Å². The Balaban J connectivity index is 0.00000288. The van der Waals surface area contributed by atoms with Gasteiger partial charge < -0.3 is 24.2 Å². The lowest BCUT2D eigenvalue weighted by molar-refractivity contribution is 0.0599. The monoisotopic (exact) mass is 447 g/mol. The van der Waals surface area contributed by atoms with Gasteiger partial charge in [-0.25, -0.2) is 9.79 Å². The Morgan fingerprint density at radius 1 is 1.33 bits per heavy atom. The summed E-state index contributed by atoms with van der Waals surface area (Å²) in [6.07, 6.45) is 1.63. The smallest absolute Gasteiger partial charge is 0.341 e. The first kappa shape index (κ1) is 20.1. The minimum absolute atomic E-state index is 0. The maximum absolute atomic E-state index is 11.6. The van der Waals surface area contributed by atoms with Gasteiger partial charge in [-0.2, -0.15) is 0 Å². The van der Waals surface area contributed by atoms with E-state index in [0.29, 0.717) is 36.1 Å². The molecule has 0 aliphatic heterocycles. The van der Waals surface area contributed by atoms with E-state index in [1.54, 1.807) is 19.3 Å². The highest BCUT2D eigenvalue weighted by Gasteiger charge is 2.15. The van der Waals surface area contributed by atoms with Crippen molar-refractivity contribution in [3.63, 3.8) is 0 Å². The lowest BCUT2D eigenvalue weighted by Crippen LogP contribution is -2.36. The summed E-state index contributed by atoms with van der Waals surface area (Å²) < 4.78 is 15.5. The molecule has 0 aliphatic carbocycles. The predicted molar refractivity (Wildman–Crippen MR) is 101 cm³/mol. The average Bonchev–Trinajstić information content (AvgIpc) is 3.19. The summed E-state index contributed by atoms with van der Waals surface area (Å²) in [5, 5.41) is 6.30. The molecule has 0 unspecified atom stereocenters. The molecule has 0 bridgehead atoms. The van der Waals surface area contributed by atoms with Crippen molar-refractivity contribution >= 4 is 35.9 Å². The molecule has 0 aromatic carbocycles. The van der Waals surface area contributed by atoms with Crippen molar-refractivity contribution in [1.29, 1.82) is 0 Å². The van der Waals surface area contributed by atoms with Gasteiger partial charge in [-0.15, -0.1) is 24.0 Å². The first-order valence-electron chi connectivity index (χ1n) is 7.36. The van der Waals surface area contributed by atoms with E-state index in [2.05, 4.69) is 15.6 Å². The van der Waals surface area contributed by atoms with Gasteiger partial charge in [-0.1, -0.05) is 0 Å². The molecule has 132 valence electrons. The molecule has 0 saturated heterocycles. The number of rotatable bonds is 6. The summed E-state index contributed by atoms with van der Waals surface area (Å²) in [6.45, 7) is 5.28. The zero-order valence-electron chi connectivity index (χ0n) is 13.9. The van der Waals surface area contributed by atoms with E-state index in [9.17, 15) is 4.79 Å². The van der Waals surface area contributed by atoms with Gasteiger partial charge in [-0.3, -0.25) is 0 Å². The summed E-state index contributed by atoms with van der Waals surface area (Å²) in [6, 6.07) is 5.37. The number of guanidine groups is 1. The van der Waals surface area contributed by atoms with Crippen molar-refractivity contribution in [2.24, 2.45) is 4.99 Å². The van der Waals surface area contributed by atoms with E-state index >= 15 is 0 Å². The maximum Gasteiger partial charge on any atom is 0.341 e. The summed E-state index contributed by atoms with van der Waals surface area (Å²) in [5.41, 5.74) is 0.422. The van der Waals surface area contributed by atoms with Crippen LogP contribution >= 0.6 is 24.0 Å². The standard InChI is InChI=1S/C16H21N3O4.HI/c1-4-17-16(18-9-12-6-5-7-22-12)19-10-13-8-14(11(2)23-13)15(20)21-3;/h5-8H,4,9-10H2,1-3H3,(H2,17,18,19);1H. The number of hydrogen-bond donors (Lipinski definition) is 2. The van der Waals surface area contributed by atoms with Crippen molar-refractivity contribution in [2.45, 2.75) is 26.9 Å². The lowest BCUT2D eigenvalue weighted by Gasteiger charge is -2.09. The number of aryl methyl sites for hydroxylation is 1. The Bertz CT molecular complexity index is 665. The number of methoxy groups -OCH3 is 1. The molecular formula is C16H22IN3O4. The molecule has 24 heavy (non-hydrogen) atoms. The Kier molecular flexibility index (Phi) is 8.37. The molecule has 2 N–H and O–H groups in total. The molecular weight excluding hydrogens is 425 g/mol. The molecule has 0 saturated carbocycles. The third-order valence-electron chi connectivity index (χ3n) is 3.12. The number of carbonyl (C=O) groups excluding carboxylic acids is 1. The van der Waals surface area contributed by atoms with Gasteiger partial charge in [0.25, 0.3) is 0 Å². The number of halogens is 1. The van der Waals surface area contributed by atoms with Crippen LogP contribution in [0.15, 0.2) is 38.3 Å². The largest absolute Gasteiger partial charge is 0.467 e. The number of ether oxygens (including phenoxy) is 1. The third-order valence-corrected chi connectivity index (χ3v) is 3.12. The zero-order chi connectivity index (χ0) is 16.7. The van der Waals surface area contributed by atoms with Gasteiger partial charge in [0.05, 0.1) is 19.9 Å². The second-order valence-electron chi connectivity index (χ2n) is 4.80. The minimum Gasteiger partial charge on any atom is -0.467 e. The number of carbonyl (C=O) groups is 1. The molecule has 2 aromatic heterocycles. The van der Waals surface area contributed by atoms with Crippen LogP contribution in [0.2, 0.25) is 0 Å². The second kappa shape index (κ2) is 10.0. The highest BCUT2D eigenvalue weighted by atomic mass is 127. The number of nitrogens with zero attached hydrogens (tertiary/aromatic N) is 1. The fourth-order valence-corrected chi connectivity index (χ4v) is 2.02. The van der Waals surface area contributed by atoms with Crippen LogP contribution in [0.25, 0.3) is 0 Å². The molecule has 0 spiro atoms. The van der Waals surface area contributed by atoms with Crippen LogP contribution in [-0.4, -0.2) is 25.6 Å². The van der Waals surface area contributed by atoms with E-state index in [1.165, 1.54) is 7.11 Å². The van der Waals surface area contributed by atoms with Gasteiger partial charge >= 0.3 is 5.97 Å². The van der Waals surface area contributed by atoms with E-state index in [1.807, 2.05) is 19.1 Å². The fraction of sp³-hybridized carbons (Fsp3) is 0.375. The summed E-state index contributed by atoms with van der Waals surface area (Å²) in [7, 11) is 1.34. The Labute approximate surface area is 157 Å². The molecule has 0 amide bonds. The number of esters is 1. The SMILES string of the molecule is CCNC(=NCc1cc(C(=O)OC)c(C)o1)NCc1ccco1.I. The van der Waals surface area contributed by atoms with Crippen molar-refractivity contribution in [3.8, 4) is 0 Å². The molecule has 0 fully saturated rings. The molecule has 0 aliphatic rings. The summed E-state index contributed by atoms with van der Waals surface area (Å²) in [5.74, 6) is 2.16. The van der Waals surface area contributed by atoms with Crippen molar-refractivity contribution in [2.75, 3.05) is 13.7 Å². The molecule has 8 heteroatoms. The van der Waals surface area contributed by atoms with Crippen LogP contribution < -0.4 is 10.6 Å². The van der Waals surface area contributed by atoms with E-state index in [4.69, 9.17) is 13.6 Å². The summed E-state index contributed by atoms with van der Waals surface area (Å²) >= 11 is 0. The van der Waals surface area contributed by atoms with Crippen LogP contribution in [0, 0.1) is 6.92 Å². The van der Waals surface area contributed by atoms with Gasteiger partial charge in [0.15, 0.2) is 5.96 Å². The minimum atomic E-state index is -0.413. The van der Waals surface area contributed by atoms with Crippen LogP contribution in [0.1, 0.15) is 34.6 Å². The van der Waals surface area contributed by atoms with E-state index < -0.39 is 5.97 Å². The van der Waals surface area contributed by atoms with Gasteiger partial charge in [0.1, 0.15) is 29.4 Å². The van der Waals surface area contributed by atoms with E-state index in [0.717, 1.165) is 12.3 Å². The maximum atomic E-state index is 11.6. The third kappa shape index (κ3) is 5.59. The molecule has 2 heterocycles. The molecule has 0 radical (unpaired) electrons. The number of furan rings is 2. The van der Waals surface area contributed by atoms with Gasteiger partial charge in [0.2, 0.25) is 0 Å². The van der Waals surface area contributed by atoms with Crippen LogP contribution in [0.3, 0.4) is 0 Å². The topological polar surface area (TPSA) is 89.0 Å². The fourth-order valence-electron chi connectivity index (χ4n) is 2.02. The van der Waals surface area contributed by atoms with Crippen molar-refractivity contribution in [3.05, 3.63) is 47.3 Å². The van der Waals surface area contributed by atoms with Crippen LogP contribution in [-0.2, 0) is 17.8 Å². The van der Waals surface area contributed by atoms with Crippen molar-refractivity contribution in [1.82, 2.24) is 10.6 Å². The zero-order valence-corrected chi connectivity index (χ0v) is 16.2. The summed E-state index contributed by atoms with van der Waals surface area (Å²) in [4.78, 5) is 16.0. The Morgan fingerprint density at radius 2 is 2.12 bits per heavy atom. The average molecular weight is 447 g/mol. The van der Waals surface area contributed by atoms with Crippen LogP contribution in [0.5, 0.6) is 0 Å². The molecule has 2 aromatic rings. The Morgan fingerprint density at radius 3 is 2.75 bits per heavy atom. The number of nitrogens with one attached hydrogen (secondary N) is 2. The number of aliphatic imine (C=N–C) groups is 1. The molecule has 0 atom stereocenters. The predicted octanol–water partition coefficient (Wildman–Crippen LogP) is 2.84. The van der Waals surface area contributed by atoms with Crippen molar-refractivity contribution < 1.29 is 18.4 Å². The highest BCUT2D eigenvalue weighted by Crippen LogP contribution is 2.16. The molecule has 2 rings (SSSR count). The normalized spacial score (nSPS) is 10.9. The first-order chi connectivity index (χ1) is 11.1. The second-order valence-corrected chi connectivity index (χ2v) is 4.80. The Hall–Kier alpha value is -1.97. The van der Waals surface area contributed by atoms with Gasteiger partial charge in [0, 0.05) is 6.54 Å². The molecule has 7 nitrogen and oxygen atoms in total. The highest BCUT2D eigenvalue weighted by molar-refractivity contribution is 14.0. The first-order valence-corrected chi connectivity index (χ1v) is 7.36. The quantitative estimate of drug-likeness (QED) is 0.307. The number of hydrogen-bond acceptors (Lipinski definition) is 5. The lowest BCUT2D eigenvalue weighted by atomic mass is 10.2. The van der Waals surface area contributed by atoms with Gasteiger partial charge in [-0.05, 0) is 32.0 Å².